The molecule has 2 aromatic rings. The van der Waals surface area contributed by atoms with Crippen molar-refractivity contribution in [2.24, 2.45) is 17.8 Å². The van der Waals surface area contributed by atoms with E-state index in [0.29, 0.717) is 17.0 Å². The molecule has 1 aliphatic carbocycles. The number of hydrogen-bond acceptors (Lipinski definition) is 7. The van der Waals surface area contributed by atoms with E-state index >= 15 is 0 Å². The molecule has 4 aliphatic rings. The largest absolute Gasteiger partial charge is 0.471 e. The highest BCUT2D eigenvalue weighted by Crippen LogP contribution is 2.52. The number of benzene rings is 1. The quantitative estimate of drug-likeness (QED) is 0.686. The first-order valence-corrected chi connectivity index (χ1v) is 11.3. The highest BCUT2D eigenvalue weighted by atomic mass is 32.1. The molecule has 3 saturated heterocycles. The fraction of sp³-hybridized carbons (Fsp3) is 0.529. The van der Waals surface area contributed by atoms with Crippen LogP contribution >= 0.6 is 19.2 Å². The second-order valence-corrected chi connectivity index (χ2v) is 9.66. The molecule has 0 radical (unpaired) electrons. The van der Waals surface area contributed by atoms with E-state index in [0.717, 1.165) is 36.5 Å². The Balaban J connectivity index is 0.00000192. The molecule has 152 valence electrons. The minimum Gasteiger partial charge on any atom is -0.465 e. The van der Waals surface area contributed by atoms with Gasteiger partial charge in [0.15, 0.2) is 5.01 Å². The van der Waals surface area contributed by atoms with Gasteiger partial charge in [0.25, 0.3) is 5.19 Å². The van der Waals surface area contributed by atoms with Gasteiger partial charge in [-0.15, -0.1) is 5.10 Å². The Morgan fingerprint density at radius 2 is 1.93 bits per heavy atom. The molecule has 3 aliphatic heterocycles. The number of ether oxygens (including phenoxy) is 1. The summed E-state index contributed by atoms with van der Waals surface area (Å²) in [4.78, 5) is 20.7. The molecule has 9 nitrogen and oxygen atoms in total. The molecule has 4 fully saturated rings. The number of nitrogens with zero attached hydrogens (tertiary/aromatic N) is 3. The zero-order valence-corrected chi connectivity index (χ0v) is 16.6. The fourth-order valence-electron chi connectivity index (χ4n) is 4.86. The van der Waals surface area contributed by atoms with Crippen LogP contribution in [0.1, 0.15) is 12.8 Å². The topological polar surface area (TPSA) is 137 Å². The van der Waals surface area contributed by atoms with Crippen LogP contribution in [0.2, 0.25) is 0 Å². The van der Waals surface area contributed by atoms with E-state index in [2.05, 4.69) is 15.1 Å². The smallest absolute Gasteiger partial charge is 0.465 e. The average Bonchev–Trinajstić information content (AvgIpc) is 3.09. The molecule has 11 heteroatoms. The SMILES string of the molecule is O.O=P(O)(O)OC1[C@H]2CC3C[C@@H](CN1C3)C2Oc1nnc(-c2ccccc2)s1. The minimum atomic E-state index is -4.56. The molecule has 4 N–H and O–H groups in total. The van der Waals surface area contributed by atoms with Gasteiger partial charge in [-0.25, -0.2) is 4.57 Å². The van der Waals surface area contributed by atoms with E-state index in [-0.39, 0.29) is 17.5 Å². The molecule has 0 spiro atoms. The van der Waals surface area contributed by atoms with Gasteiger partial charge in [0.05, 0.1) is 0 Å². The number of phosphoric ester groups is 1. The van der Waals surface area contributed by atoms with Crippen molar-refractivity contribution in [2.75, 3.05) is 13.1 Å². The summed E-state index contributed by atoms with van der Waals surface area (Å²) in [5.74, 6) is 0.788. The third-order valence-electron chi connectivity index (χ3n) is 5.73. The van der Waals surface area contributed by atoms with Crippen LogP contribution < -0.4 is 4.74 Å². The van der Waals surface area contributed by atoms with Crippen LogP contribution in [0, 0.1) is 17.8 Å². The van der Waals surface area contributed by atoms with Crippen molar-refractivity contribution >= 4 is 19.2 Å². The number of rotatable bonds is 5. The number of phosphoric acid groups is 1. The maximum absolute atomic E-state index is 11.4. The van der Waals surface area contributed by atoms with Gasteiger partial charge in [-0.05, 0) is 18.8 Å². The lowest BCUT2D eigenvalue weighted by atomic mass is 9.65. The van der Waals surface area contributed by atoms with Crippen LogP contribution in [0.5, 0.6) is 5.19 Å². The van der Waals surface area contributed by atoms with Crippen molar-refractivity contribution < 1.29 is 29.1 Å². The van der Waals surface area contributed by atoms with E-state index in [1.54, 1.807) is 0 Å². The van der Waals surface area contributed by atoms with Gasteiger partial charge < -0.3 is 20.0 Å². The van der Waals surface area contributed by atoms with Gasteiger partial charge >= 0.3 is 7.82 Å². The molecule has 1 saturated carbocycles. The number of hydrogen-bond donors (Lipinski definition) is 2. The molecular weight excluding hydrogens is 405 g/mol. The molecule has 6 rings (SSSR count). The second-order valence-electron chi connectivity index (χ2n) is 7.52. The fourth-order valence-corrected chi connectivity index (χ4v) is 6.17. The zero-order valence-electron chi connectivity index (χ0n) is 14.9. The molecule has 4 heterocycles. The highest BCUT2D eigenvalue weighted by molar-refractivity contribution is 7.46. The molecule has 6 atom stereocenters. The summed E-state index contributed by atoms with van der Waals surface area (Å²) < 4.78 is 22.8. The average molecular weight is 427 g/mol. The molecular formula is C17H22N3O6PS. The normalized spacial score (nSPS) is 33.5. The van der Waals surface area contributed by atoms with Crippen molar-refractivity contribution in [1.29, 1.82) is 0 Å². The van der Waals surface area contributed by atoms with Crippen LogP contribution in [-0.2, 0) is 9.09 Å². The lowest BCUT2D eigenvalue weighted by molar-refractivity contribution is -0.194. The van der Waals surface area contributed by atoms with Crippen LogP contribution in [0.25, 0.3) is 10.6 Å². The van der Waals surface area contributed by atoms with Crippen LogP contribution in [0.15, 0.2) is 30.3 Å². The Morgan fingerprint density at radius 1 is 1.14 bits per heavy atom. The Hall–Kier alpha value is -1.39. The van der Waals surface area contributed by atoms with E-state index in [1.807, 2.05) is 30.3 Å². The van der Waals surface area contributed by atoms with Gasteiger partial charge in [0, 0.05) is 30.5 Å². The zero-order chi connectivity index (χ0) is 18.6. The predicted octanol–water partition coefficient (Wildman–Crippen LogP) is 1.53. The Bertz CT molecular complexity index is 877. The van der Waals surface area contributed by atoms with Crippen molar-refractivity contribution in [3.8, 4) is 15.8 Å². The summed E-state index contributed by atoms with van der Waals surface area (Å²) in [6, 6.07) is 9.81. The Labute approximate surface area is 165 Å². The first-order chi connectivity index (χ1) is 13.0. The monoisotopic (exact) mass is 427 g/mol. The molecule has 4 unspecified atom stereocenters. The first-order valence-electron chi connectivity index (χ1n) is 9.00. The number of piperidine rings is 3. The van der Waals surface area contributed by atoms with Crippen LogP contribution in [-0.4, -0.2) is 55.8 Å². The van der Waals surface area contributed by atoms with Gasteiger partial charge in [-0.2, -0.15) is 0 Å². The minimum absolute atomic E-state index is 0. The summed E-state index contributed by atoms with van der Waals surface area (Å²) in [5, 5.41) is 9.70. The lowest BCUT2D eigenvalue weighted by Crippen LogP contribution is -2.66. The van der Waals surface area contributed by atoms with Crippen molar-refractivity contribution in [3.05, 3.63) is 30.3 Å². The molecule has 28 heavy (non-hydrogen) atoms. The summed E-state index contributed by atoms with van der Waals surface area (Å²) >= 11 is 1.39. The second kappa shape index (κ2) is 7.46. The van der Waals surface area contributed by atoms with Gasteiger partial charge in [0.2, 0.25) is 0 Å². The van der Waals surface area contributed by atoms with Crippen LogP contribution in [0.4, 0.5) is 0 Å². The van der Waals surface area contributed by atoms with Gasteiger partial charge in [0.1, 0.15) is 12.3 Å². The molecule has 1 aromatic heterocycles. The predicted molar refractivity (Wildman–Crippen MR) is 102 cm³/mol. The third kappa shape index (κ3) is 3.73. The summed E-state index contributed by atoms with van der Waals surface area (Å²) in [7, 11) is -4.56. The summed E-state index contributed by atoms with van der Waals surface area (Å²) in [5.41, 5.74) is 0.990. The Kier molecular flexibility index (Phi) is 5.30. The van der Waals surface area contributed by atoms with E-state index < -0.39 is 14.1 Å². The maximum atomic E-state index is 11.4. The van der Waals surface area contributed by atoms with Gasteiger partial charge in [-0.3, -0.25) is 9.42 Å². The summed E-state index contributed by atoms with van der Waals surface area (Å²) in [6.07, 6.45) is 1.16. The molecule has 0 amide bonds. The van der Waals surface area contributed by atoms with Crippen molar-refractivity contribution in [2.45, 2.75) is 25.2 Å². The highest BCUT2D eigenvalue weighted by Gasteiger charge is 2.56. The summed E-state index contributed by atoms with van der Waals surface area (Å²) in [6.45, 7) is 1.56. The Morgan fingerprint density at radius 3 is 2.68 bits per heavy atom. The molecule has 1 aromatic carbocycles. The lowest BCUT2D eigenvalue weighted by Gasteiger charge is -2.58. The molecule has 4 bridgehead atoms. The first kappa shape index (κ1) is 19.9. The van der Waals surface area contributed by atoms with Gasteiger partial charge in [-0.1, -0.05) is 46.8 Å². The number of aromatic nitrogens is 2. The third-order valence-corrected chi connectivity index (χ3v) is 7.08. The van der Waals surface area contributed by atoms with Crippen molar-refractivity contribution in [1.82, 2.24) is 15.1 Å². The standard InChI is InChI=1S/C17H20N3O5PS.H2O/c21-26(22,23)25-16-13-7-10-6-12(9-20(16)8-10)14(13)24-17-19-18-15(27-17)11-4-2-1-3-5-11;/h1-5,10,12-14,16H,6-9H2,(H2,21,22,23);1H2/t10?,12-,13-,14?,16?;/m0./s1. The van der Waals surface area contributed by atoms with E-state index in [9.17, 15) is 14.4 Å². The maximum Gasteiger partial charge on any atom is 0.471 e. The van der Waals surface area contributed by atoms with E-state index in [1.165, 1.54) is 11.3 Å². The van der Waals surface area contributed by atoms with Crippen molar-refractivity contribution in [3.63, 3.8) is 0 Å². The van der Waals surface area contributed by atoms with Crippen LogP contribution in [0.3, 0.4) is 0 Å². The van der Waals surface area contributed by atoms with E-state index in [4.69, 9.17) is 9.26 Å².